The van der Waals surface area contributed by atoms with E-state index in [-0.39, 0.29) is 0 Å². The highest BCUT2D eigenvalue weighted by Gasteiger charge is 2.14. The summed E-state index contributed by atoms with van der Waals surface area (Å²) in [4.78, 5) is 7.21. The van der Waals surface area contributed by atoms with Crippen molar-refractivity contribution in [2.45, 2.75) is 33.1 Å². The zero-order chi connectivity index (χ0) is 14.1. The van der Waals surface area contributed by atoms with Crippen LogP contribution in [0.5, 0.6) is 0 Å². The number of piperidine rings is 1. The van der Waals surface area contributed by atoms with E-state index < -0.39 is 0 Å². The van der Waals surface area contributed by atoms with Crippen molar-refractivity contribution in [3.8, 4) is 0 Å². The SMILES string of the molecule is CNc1c(C)c(C)nc2ccc(N3CCCCC3)cc12. The van der Waals surface area contributed by atoms with Crippen molar-refractivity contribution in [3.63, 3.8) is 0 Å². The molecule has 0 aliphatic carbocycles. The normalized spacial score (nSPS) is 15.7. The van der Waals surface area contributed by atoms with Crippen LogP contribution in [0.2, 0.25) is 0 Å². The van der Waals surface area contributed by atoms with Gasteiger partial charge in [0.25, 0.3) is 0 Å². The minimum Gasteiger partial charge on any atom is -0.387 e. The van der Waals surface area contributed by atoms with E-state index in [2.05, 4.69) is 42.3 Å². The largest absolute Gasteiger partial charge is 0.387 e. The number of rotatable bonds is 2. The summed E-state index contributed by atoms with van der Waals surface area (Å²) >= 11 is 0. The Labute approximate surface area is 121 Å². The summed E-state index contributed by atoms with van der Waals surface area (Å²) in [7, 11) is 1.99. The van der Waals surface area contributed by atoms with Gasteiger partial charge in [-0.05, 0) is 56.9 Å². The Hall–Kier alpha value is -1.77. The second-order valence-electron chi connectivity index (χ2n) is 5.70. The van der Waals surface area contributed by atoms with Gasteiger partial charge in [-0.1, -0.05) is 0 Å². The molecule has 1 fully saturated rings. The average Bonchev–Trinajstić information content (AvgIpc) is 2.49. The molecule has 1 aliphatic heterocycles. The quantitative estimate of drug-likeness (QED) is 0.896. The molecule has 1 saturated heterocycles. The Morgan fingerprint density at radius 3 is 2.55 bits per heavy atom. The number of nitrogens with one attached hydrogen (secondary N) is 1. The third-order valence-electron chi connectivity index (χ3n) is 4.43. The number of hydrogen-bond donors (Lipinski definition) is 1. The van der Waals surface area contributed by atoms with Crippen LogP contribution in [-0.2, 0) is 0 Å². The third-order valence-corrected chi connectivity index (χ3v) is 4.43. The lowest BCUT2D eigenvalue weighted by atomic mass is 10.0. The molecule has 1 aromatic carbocycles. The van der Waals surface area contributed by atoms with Crippen LogP contribution >= 0.6 is 0 Å². The minimum absolute atomic E-state index is 1.08. The first-order valence-corrected chi connectivity index (χ1v) is 7.54. The maximum Gasteiger partial charge on any atom is 0.0727 e. The fraction of sp³-hybridized carbons (Fsp3) is 0.471. The van der Waals surface area contributed by atoms with E-state index in [4.69, 9.17) is 4.98 Å². The van der Waals surface area contributed by atoms with Crippen LogP contribution < -0.4 is 10.2 Å². The molecule has 0 unspecified atom stereocenters. The van der Waals surface area contributed by atoms with Crippen LogP contribution in [0.25, 0.3) is 10.9 Å². The molecule has 1 N–H and O–H groups in total. The Morgan fingerprint density at radius 1 is 1.10 bits per heavy atom. The van der Waals surface area contributed by atoms with Crippen LogP contribution in [0.15, 0.2) is 18.2 Å². The number of aromatic nitrogens is 1. The number of pyridine rings is 1. The van der Waals surface area contributed by atoms with E-state index >= 15 is 0 Å². The Morgan fingerprint density at radius 2 is 1.85 bits per heavy atom. The van der Waals surface area contributed by atoms with E-state index in [1.54, 1.807) is 0 Å². The number of aryl methyl sites for hydroxylation is 1. The third kappa shape index (κ3) is 2.21. The van der Waals surface area contributed by atoms with Gasteiger partial charge in [-0.15, -0.1) is 0 Å². The molecule has 3 heteroatoms. The predicted molar refractivity (Wildman–Crippen MR) is 86.8 cm³/mol. The van der Waals surface area contributed by atoms with Crippen LogP contribution in [0.3, 0.4) is 0 Å². The van der Waals surface area contributed by atoms with Crippen LogP contribution in [0.4, 0.5) is 11.4 Å². The number of nitrogens with zero attached hydrogens (tertiary/aromatic N) is 2. The van der Waals surface area contributed by atoms with E-state index in [0.29, 0.717) is 0 Å². The maximum atomic E-state index is 4.71. The van der Waals surface area contributed by atoms with Gasteiger partial charge < -0.3 is 10.2 Å². The molecule has 3 nitrogen and oxygen atoms in total. The number of hydrogen-bond acceptors (Lipinski definition) is 3. The first-order valence-electron chi connectivity index (χ1n) is 7.54. The van der Waals surface area contributed by atoms with Crippen molar-refractivity contribution >= 4 is 22.3 Å². The van der Waals surface area contributed by atoms with Gasteiger partial charge in [0, 0.05) is 42.6 Å². The van der Waals surface area contributed by atoms with Gasteiger partial charge in [-0.2, -0.15) is 0 Å². The Bertz CT molecular complexity index is 628. The molecule has 0 saturated carbocycles. The highest BCUT2D eigenvalue weighted by Crippen LogP contribution is 2.31. The lowest BCUT2D eigenvalue weighted by Crippen LogP contribution is -2.29. The molecule has 106 valence electrons. The summed E-state index contributed by atoms with van der Waals surface area (Å²) in [6, 6.07) is 6.67. The van der Waals surface area contributed by atoms with E-state index in [9.17, 15) is 0 Å². The number of anilines is 2. The van der Waals surface area contributed by atoms with Crippen molar-refractivity contribution in [3.05, 3.63) is 29.5 Å². The molecule has 2 heterocycles. The van der Waals surface area contributed by atoms with Crippen LogP contribution in [0.1, 0.15) is 30.5 Å². The maximum absolute atomic E-state index is 4.71. The molecule has 3 rings (SSSR count). The van der Waals surface area contributed by atoms with Gasteiger partial charge in [0.05, 0.1) is 5.52 Å². The monoisotopic (exact) mass is 269 g/mol. The van der Waals surface area contributed by atoms with Gasteiger partial charge in [-0.25, -0.2) is 0 Å². The molecule has 0 atom stereocenters. The second kappa shape index (κ2) is 5.31. The summed E-state index contributed by atoms with van der Waals surface area (Å²) in [5, 5.41) is 4.59. The second-order valence-corrected chi connectivity index (χ2v) is 5.70. The highest BCUT2D eigenvalue weighted by molar-refractivity contribution is 5.95. The zero-order valence-corrected chi connectivity index (χ0v) is 12.7. The lowest BCUT2D eigenvalue weighted by Gasteiger charge is -2.29. The molecule has 0 spiro atoms. The smallest absolute Gasteiger partial charge is 0.0727 e. The number of benzene rings is 1. The molecule has 20 heavy (non-hydrogen) atoms. The first kappa shape index (κ1) is 13.2. The van der Waals surface area contributed by atoms with Gasteiger partial charge in [0.1, 0.15) is 0 Å². The summed E-state index contributed by atoms with van der Waals surface area (Å²) in [6.07, 6.45) is 3.98. The van der Waals surface area contributed by atoms with Crippen molar-refractivity contribution < 1.29 is 0 Å². The summed E-state index contributed by atoms with van der Waals surface area (Å²) in [5.74, 6) is 0. The first-order chi connectivity index (χ1) is 9.70. The molecular formula is C17H23N3. The van der Waals surface area contributed by atoms with Gasteiger partial charge in [0.15, 0.2) is 0 Å². The molecule has 0 amide bonds. The van der Waals surface area contributed by atoms with Crippen molar-refractivity contribution in [1.29, 1.82) is 0 Å². The van der Waals surface area contributed by atoms with Gasteiger partial charge in [-0.3, -0.25) is 4.98 Å². The molecule has 0 bridgehead atoms. The fourth-order valence-corrected chi connectivity index (χ4v) is 3.14. The molecular weight excluding hydrogens is 246 g/mol. The Kier molecular flexibility index (Phi) is 3.51. The minimum atomic E-state index is 1.08. The standard InChI is InChI=1S/C17H23N3/c1-12-13(2)19-16-8-7-14(11-15(16)17(12)18-3)20-9-5-4-6-10-20/h7-8,11H,4-6,9-10H2,1-3H3,(H,18,19). The van der Waals surface area contributed by atoms with E-state index in [1.807, 2.05) is 7.05 Å². The summed E-state index contributed by atoms with van der Waals surface area (Å²) in [5.41, 5.74) is 5.98. The fourth-order valence-electron chi connectivity index (χ4n) is 3.14. The topological polar surface area (TPSA) is 28.2 Å². The molecule has 2 aromatic rings. The molecule has 1 aliphatic rings. The van der Waals surface area contributed by atoms with E-state index in [0.717, 1.165) is 11.2 Å². The van der Waals surface area contributed by atoms with Crippen molar-refractivity contribution in [1.82, 2.24) is 4.98 Å². The highest BCUT2D eigenvalue weighted by atomic mass is 15.1. The summed E-state index contributed by atoms with van der Waals surface area (Å²) < 4.78 is 0. The Balaban J connectivity index is 2.11. The molecule has 1 aromatic heterocycles. The zero-order valence-electron chi connectivity index (χ0n) is 12.7. The predicted octanol–water partition coefficient (Wildman–Crippen LogP) is 3.88. The van der Waals surface area contributed by atoms with Crippen LogP contribution in [0, 0.1) is 13.8 Å². The lowest BCUT2D eigenvalue weighted by molar-refractivity contribution is 0.578. The van der Waals surface area contributed by atoms with Gasteiger partial charge >= 0.3 is 0 Å². The number of fused-ring (bicyclic) bond motifs is 1. The van der Waals surface area contributed by atoms with E-state index in [1.165, 1.54) is 54.7 Å². The molecule has 0 radical (unpaired) electrons. The summed E-state index contributed by atoms with van der Waals surface area (Å²) in [6.45, 7) is 6.58. The average molecular weight is 269 g/mol. The van der Waals surface area contributed by atoms with Gasteiger partial charge in [0.2, 0.25) is 0 Å². The van der Waals surface area contributed by atoms with Crippen molar-refractivity contribution in [2.24, 2.45) is 0 Å². The van der Waals surface area contributed by atoms with Crippen molar-refractivity contribution in [2.75, 3.05) is 30.4 Å². The van der Waals surface area contributed by atoms with Crippen LogP contribution in [-0.4, -0.2) is 25.1 Å².